The van der Waals surface area contributed by atoms with Gasteiger partial charge in [0.05, 0.1) is 17.6 Å². The van der Waals surface area contributed by atoms with Gasteiger partial charge in [0, 0.05) is 31.5 Å². The Morgan fingerprint density at radius 1 is 1.39 bits per heavy atom. The van der Waals surface area contributed by atoms with E-state index in [-0.39, 0.29) is 5.92 Å². The summed E-state index contributed by atoms with van der Waals surface area (Å²) in [4.78, 5) is 16.5. The summed E-state index contributed by atoms with van der Waals surface area (Å²) >= 11 is 0. The van der Waals surface area contributed by atoms with Crippen LogP contribution in [0.4, 0.5) is 0 Å². The largest absolute Gasteiger partial charge is 0.381 e. The number of ketones is 1. The summed E-state index contributed by atoms with van der Waals surface area (Å²) in [6, 6.07) is 5.85. The van der Waals surface area contributed by atoms with Gasteiger partial charge in [0.1, 0.15) is 0 Å². The third-order valence-corrected chi connectivity index (χ3v) is 3.54. The molecular formula is C14H16N2O2. The molecule has 1 saturated heterocycles. The van der Waals surface area contributed by atoms with Crippen LogP contribution in [0, 0.1) is 5.92 Å². The fourth-order valence-electron chi connectivity index (χ4n) is 2.48. The second kappa shape index (κ2) is 4.90. The molecule has 0 radical (unpaired) electrons. The number of carbonyl (C=O) groups excluding carboxylic acids is 1. The second-order valence-electron chi connectivity index (χ2n) is 4.70. The van der Waals surface area contributed by atoms with E-state index < -0.39 is 0 Å². The van der Waals surface area contributed by atoms with Crippen LogP contribution >= 0.6 is 0 Å². The topological polar surface area (TPSA) is 44.1 Å². The van der Waals surface area contributed by atoms with Gasteiger partial charge in [-0.3, -0.25) is 9.78 Å². The van der Waals surface area contributed by atoms with E-state index in [1.165, 1.54) is 0 Å². The summed E-state index contributed by atoms with van der Waals surface area (Å²) < 4.78 is 7.27. The molecule has 0 bridgehead atoms. The lowest BCUT2D eigenvalue weighted by atomic mass is 9.95. The molecule has 1 fully saturated rings. The van der Waals surface area contributed by atoms with E-state index in [4.69, 9.17) is 4.74 Å². The van der Waals surface area contributed by atoms with Crippen LogP contribution in [0.1, 0.15) is 12.8 Å². The number of ether oxygens (including phenoxy) is 1. The Morgan fingerprint density at radius 3 is 3.06 bits per heavy atom. The number of hydrogen-bond acceptors (Lipinski definition) is 3. The van der Waals surface area contributed by atoms with Gasteiger partial charge in [0.15, 0.2) is 5.78 Å². The van der Waals surface area contributed by atoms with Crippen molar-refractivity contribution in [3.63, 3.8) is 0 Å². The van der Waals surface area contributed by atoms with E-state index in [1.807, 2.05) is 29.0 Å². The highest BCUT2D eigenvalue weighted by atomic mass is 16.5. The van der Waals surface area contributed by atoms with Gasteiger partial charge in [-0.1, -0.05) is 0 Å². The first-order valence-electron chi connectivity index (χ1n) is 6.35. The standard InChI is InChI=1S/C14H16N2O2/c17-14(11-4-8-18-9-5-11)10-16-7-3-12-13(16)2-1-6-15-12/h1-3,6-7,11H,4-5,8-10H2. The normalized spacial score (nSPS) is 17.1. The monoisotopic (exact) mass is 244 g/mol. The van der Waals surface area contributed by atoms with Crippen LogP contribution in [0.3, 0.4) is 0 Å². The molecule has 0 saturated carbocycles. The van der Waals surface area contributed by atoms with Crippen molar-refractivity contribution in [3.05, 3.63) is 30.6 Å². The molecule has 2 aromatic rings. The van der Waals surface area contributed by atoms with E-state index in [9.17, 15) is 4.79 Å². The Morgan fingerprint density at radius 2 is 2.22 bits per heavy atom. The van der Waals surface area contributed by atoms with Crippen molar-refractivity contribution in [2.75, 3.05) is 13.2 Å². The highest BCUT2D eigenvalue weighted by molar-refractivity contribution is 5.83. The van der Waals surface area contributed by atoms with Gasteiger partial charge in [0.25, 0.3) is 0 Å². The zero-order valence-electron chi connectivity index (χ0n) is 10.2. The van der Waals surface area contributed by atoms with Crippen molar-refractivity contribution in [1.29, 1.82) is 0 Å². The summed E-state index contributed by atoms with van der Waals surface area (Å²) in [5.41, 5.74) is 1.97. The molecule has 0 N–H and O–H groups in total. The Labute approximate surface area is 106 Å². The summed E-state index contributed by atoms with van der Waals surface area (Å²) in [5, 5.41) is 0. The van der Waals surface area contributed by atoms with Gasteiger partial charge >= 0.3 is 0 Å². The number of rotatable bonds is 3. The van der Waals surface area contributed by atoms with Crippen molar-refractivity contribution in [3.8, 4) is 0 Å². The zero-order valence-corrected chi connectivity index (χ0v) is 10.2. The molecule has 0 amide bonds. The molecule has 4 heteroatoms. The molecule has 1 aliphatic heterocycles. The predicted octanol–water partition coefficient (Wildman–Crippen LogP) is 2.03. The number of aromatic nitrogens is 2. The highest BCUT2D eigenvalue weighted by Gasteiger charge is 2.21. The molecule has 3 rings (SSSR count). The van der Waals surface area contributed by atoms with E-state index in [2.05, 4.69) is 4.98 Å². The number of nitrogens with zero attached hydrogens (tertiary/aromatic N) is 2. The van der Waals surface area contributed by atoms with E-state index in [1.54, 1.807) is 6.20 Å². The molecule has 0 aliphatic carbocycles. The molecule has 0 unspecified atom stereocenters. The summed E-state index contributed by atoms with van der Waals surface area (Å²) in [5.74, 6) is 0.465. The lowest BCUT2D eigenvalue weighted by Gasteiger charge is -2.21. The van der Waals surface area contributed by atoms with Crippen LogP contribution in [-0.4, -0.2) is 28.5 Å². The predicted molar refractivity (Wildman–Crippen MR) is 68.3 cm³/mol. The van der Waals surface area contributed by atoms with Crippen molar-refractivity contribution >= 4 is 16.8 Å². The van der Waals surface area contributed by atoms with Crippen LogP contribution in [0.15, 0.2) is 30.6 Å². The van der Waals surface area contributed by atoms with E-state index >= 15 is 0 Å². The van der Waals surface area contributed by atoms with E-state index in [0.717, 1.165) is 23.9 Å². The molecule has 1 aliphatic rings. The SMILES string of the molecule is O=C(Cn1ccc2ncccc21)C1CCOCC1. The molecule has 0 spiro atoms. The number of carbonyl (C=O) groups is 1. The van der Waals surface area contributed by atoms with Crippen LogP contribution in [0.25, 0.3) is 11.0 Å². The van der Waals surface area contributed by atoms with Crippen LogP contribution in [0.5, 0.6) is 0 Å². The third-order valence-electron chi connectivity index (χ3n) is 3.54. The number of pyridine rings is 1. The summed E-state index contributed by atoms with van der Waals surface area (Å²) in [6.45, 7) is 1.87. The molecule has 94 valence electrons. The van der Waals surface area contributed by atoms with Crippen LogP contribution in [-0.2, 0) is 16.1 Å². The summed E-state index contributed by atoms with van der Waals surface area (Å²) in [6.07, 6.45) is 5.43. The molecule has 3 heterocycles. The third kappa shape index (κ3) is 2.16. The molecule has 18 heavy (non-hydrogen) atoms. The molecule has 4 nitrogen and oxygen atoms in total. The Bertz CT molecular complexity index is 556. The quantitative estimate of drug-likeness (QED) is 0.829. The first kappa shape index (κ1) is 11.4. The molecular weight excluding hydrogens is 228 g/mol. The van der Waals surface area contributed by atoms with Gasteiger partial charge in [-0.15, -0.1) is 0 Å². The minimum Gasteiger partial charge on any atom is -0.381 e. The van der Waals surface area contributed by atoms with Crippen molar-refractivity contribution in [2.45, 2.75) is 19.4 Å². The molecule has 2 aromatic heterocycles. The van der Waals surface area contributed by atoms with Gasteiger partial charge < -0.3 is 9.30 Å². The van der Waals surface area contributed by atoms with Crippen LogP contribution < -0.4 is 0 Å². The Balaban J connectivity index is 1.77. The van der Waals surface area contributed by atoms with Gasteiger partial charge in [0.2, 0.25) is 0 Å². The lowest BCUT2D eigenvalue weighted by molar-refractivity contribution is -0.126. The first-order valence-corrected chi connectivity index (χ1v) is 6.35. The minimum absolute atomic E-state index is 0.160. The van der Waals surface area contributed by atoms with E-state index in [0.29, 0.717) is 25.5 Å². The maximum absolute atomic E-state index is 12.2. The highest BCUT2D eigenvalue weighted by Crippen LogP contribution is 2.18. The second-order valence-corrected chi connectivity index (χ2v) is 4.70. The van der Waals surface area contributed by atoms with Crippen molar-refractivity contribution in [2.24, 2.45) is 5.92 Å². The summed E-state index contributed by atoms with van der Waals surface area (Å²) in [7, 11) is 0. The van der Waals surface area contributed by atoms with Gasteiger partial charge in [-0.05, 0) is 31.0 Å². The molecule has 0 atom stereocenters. The smallest absolute Gasteiger partial charge is 0.155 e. The average molecular weight is 244 g/mol. The van der Waals surface area contributed by atoms with Gasteiger partial charge in [-0.25, -0.2) is 0 Å². The van der Waals surface area contributed by atoms with Crippen LogP contribution in [0.2, 0.25) is 0 Å². The van der Waals surface area contributed by atoms with Gasteiger partial charge in [-0.2, -0.15) is 0 Å². The number of Topliss-reactive ketones (excluding diaryl/α,β-unsaturated/α-hetero) is 1. The van der Waals surface area contributed by atoms with Crippen molar-refractivity contribution < 1.29 is 9.53 Å². The first-order chi connectivity index (χ1) is 8.84. The Kier molecular flexibility index (Phi) is 3.11. The zero-order chi connectivity index (χ0) is 12.4. The number of hydrogen-bond donors (Lipinski definition) is 0. The maximum atomic E-state index is 12.2. The molecule has 0 aromatic carbocycles. The maximum Gasteiger partial charge on any atom is 0.155 e. The minimum atomic E-state index is 0.160. The fraction of sp³-hybridized carbons (Fsp3) is 0.429. The van der Waals surface area contributed by atoms with Crippen molar-refractivity contribution in [1.82, 2.24) is 9.55 Å². The Hall–Kier alpha value is -1.68. The fourth-order valence-corrected chi connectivity index (χ4v) is 2.48. The average Bonchev–Trinajstić information content (AvgIpc) is 2.83. The number of fused-ring (bicyclic) bond motifs is 1. The lowest BCUT2D eigenvalue weighted by Crippen LogP contribution is -2.26.